The summed E-state index contributed by atoms with van der Waals surface area (Å²) in [4.78, 5) is 11.2. The van der Waals surface area contributed by atoms with Crippen LogP contribution in [0.25, 0.3) is 0 Å². The zero-order chi connectivity index (χ0) is 10.1. The van der Waals surface area contributed by atoms with E-state index in [0.29, 0.717) is 12.2 Å². The molecule has 0 saturated carbocycles. The van der Waals surface area contributed by atoms with E-state index in [1.807, 2.05) is 13.0 Å². The number of rotatable bonds is 6. The highest BCUT2D eigenvalue weighted by Crippen LogP contribution is 2.00. The smallest absolute Gasteiger partial charge is 0.369 e. The van der Waals surface area contributed by atoms with Crippen molar-refractivity contribution in [2.24, 2.45) is 0 Å². The minimum Gasteiger partial charge on any atom is -0.496 e. The van der Waals surface area contributed by atoms with Crippen molar-refractivity contribution in [1.82, 2.24) is 0 Å². The Morgan fingerprint density at radius 1 is 1.46 bits per heavy atom. The van der Waals surface area contributed by atoms with Crippen LogP contribution in [0.5, 0.6) is 0 Å². The van der Waals surface area contributed by atoms with Crippen molar-refractivity contribution in [2.75, 3.05) is 6.61 Å². The average Bonchev–Trinajstić information content (AvgIpc) is 2.14. The van der Waals surface area contributed by atoms with Crippen LogP contribution >= 0.6 is 0 Å². The van der Waals surface area contributed by atoms with E-state index in [4.69, 9.17) is 8.85 Å². The van der Waals surface area contributed by atoms with Crippen LogP contribution in [-0.4, -0.2) is 22.6 Å². The Bertz CT molecular complexity index is 178. The van der Waals surface area contributed by atoms with Crippen LogP contribution in [0.4, 0.5) is 0 Å². The van der Waals surface area contributed by atoms with Crippen LogP contribution in [0.3, 0.4) is 0 Å². The molecule has 3 nitrogen and oxygen atoms in total. The van der Waals surface area contributed by atoms with Crippen LogP contribution in [0, 0.1) is 0 Å². The summed E-state index contributed by atoms with van der Waals surface area (Å²) in [6.07, 6.45) is 3.88. The van der Waals surface area contributed by atoms with Gasteiger partial charge in [0, 0.05) is 12.2 Å². The van der Waals surface area contributed by atoms with E-state index in [0.717, 1.165) is 12.8 Å². The molecule has 0 aromatic heterocycles. The monoisotopic (exact) mass is 202 g/mol. The molecular formula is C9H18O3Si. The van der Waals surface area contributed by atoms with Crippen molar-refractivity contribution < 1.29 is 13.6 Å². The zero-order valence-corrected chi connectivity index (χ0v) is 10.0. The standard InChI is InChI=1S/C9H18O3Si/c1-4-6-7-8(3)9(10)12-13-11-5-2/h7H,4-6,13H2,1-3H3. The molecule has 0 aromatic carbocycles. The molecule has 13 heavy (non-hydrogen) atoms. The second-order valence-electron chi connectivity index (χ2n) is 2.72. The Kier molecular flexibility index (Phi) is 7.63. The van der Waals surface area contributed by atoms with E-state index in [1.165, 1.54) is 0 Å². The third-order valence-corrected chi connectivity index (χ3v) is 2.49. The van der Waals surface area contributed by atoms with Crippen LogP contribution in [0.15, 0.2) is 11.6 Å². The zero-order valence-electron chi connectivity index (χ0n) is 8.63. The molecule has 4 heteroatoms. The first-order valence-electron chi connectivity index (χ1n) is 4.64. The summed E-state index contributed by atoms with van der Waals surface area (Å²) in [5.41, 5.74) is 0.689. The van der Waals surface area contributed by atoms with Crippen LogP contribution in [0.1, 0.15) is 33.6 Å². The Balaban J connectivity index is 3.69. The fraction of sp³-hybridized carbons (Fsp3) is 0.667. The van der Waals surface area contributed by atoms with Gasteiger partial charge in [-0.05, 0) is 20.3 Å². The minimum atomic E-state index is -1.09. The Hall–Kier alpha value is -0.613. The maximum Gasteiger partial charge on any atom is 0.369 e. The number of allylic oxidation sites excluding steroid dienone is 1. The summed E-state index contributed by atoms with van der Waals surface area (Å²) in [5, 5.41) is 0. The van der Waals surface area contributed by atoms with Crippen molar-refractivity contribution in [3.8, 4) is 0 Å². The van der Waals surface area contributed by atoms with Gasteiger partial charge in [-0.15, -0.1) is 0 Å². The van der Waals surface area contributed by atoms with Gasteiger partial charge in [0.2, 0.25) is 0 Å². The molecule has 0 spiro atoms. The van der Waals surface area contributed by atoms with Gasteiger partial charge in [0.25, 0.3) is 0 Å². The van der Waals surface area contributed by atoms with Crippen molar-refractivity contribution in [3.05, 3.63) is 11.6 Å². The molecule has 0 atom stereocenters. The van der Waals surface area contributed by atoms with E-state index in [2.05, 4.69) is 6.92 Å². The molecule has 0 heterocycles. The molecular weight excluding hydrogens is 184 g/mol. The maximum atomic E-state index is 11.2. The molecule has 0 aliphatic carbocycles. The van der Waals surface area contributed by atoms with E-state index >= 15 is 0 Å². The predicted octanol–water partition coefficient (Wildman–Crippen LogP) is 1.31. The lowest BCUT2D eigenvalue weighted by atomic mass is 10.2. The van der Waals surface area contributed by atoms with Gasteiger partial charge in [-0.3, -0.25) is 0 Å². The predicted molar refractivity (Wildman–Crippen MR) is 54.9 cm³/mol. The van der Waals surface area contributed by atoms with Crippen molar-refractivity contribution in [1.29, 1.82) is 0 Å². The molecule has 76 valence electrons. The third kappa shape index (κ3) is 6.54. The summed E-state index contributed by atoms with van der Waals surface area (Å²) in [6.45, 7) is 6.36. The molecule has 0 amide bonds. The molecule has 0 unspecified atom stereocenters. The summed E-state index contributed by atoms with van der Waals surface area (Å²) in [7, 11) is -1.09. The lowest BCUT2D eigenvalue weighted by molar-refractivity contribution is -0.131. The highest BCUT2D eigenvalue weighted by Gasteiger charge is 2.03. The molecule has 0 aliphatic rings. The Morgan fingerprint density at radius 3 is 2.69 bits per heavy atom. The van der Waals surface area contributed by atoms with Crippen molar-refractivity contribution >= 4 is 16.0 Å². The van der Waals surface area contributed by atoms with E-state index in [-0.39, 0.29) is 5.97 Å². The first kappa shape index (κ1) is 12.4. The molecule has 0 fully saturated rings. The fourth-order valence-electron chi connectivity index (χ4n) is 0.737. The summed E-state index contributed by atoms with van der Waals surface area (Å²) in [6, 6.07) is 0. The molecule has 0 radical (unpaired) electrons. The van der Waals surface area contributed by atoms with E-state index in [1.54, 1.807) is 6.92 Å². The Morgan fingerprint density at radius 2 is 2.15 bits per heavy atom. The van der Waals surface area contributed by atoms with Crippen LogP contribution in [-0.2, 0) is 13.6 Å². The number of hydrogen-bond acceptors (Lipinski definition) is 3. The molecule has 0 rings (SSSR count). The van der Waals surface area contributed by atoms with Gasteiger partial charge < -0.3 is 8.85 Å². The van der Waals surface area contributed by atoms with Gasteiger partial charge in [-0.25, -0.2) is 4.79 Å². The summed E-state index contributed by atoms with van der Waals surface area (Å²) >= 11 is 0. The largest absolute Gasteiger partial charge is 0.496 e. The first-order chi connectivity index (χ1) is 6.22. The van der Waals surface area contributed by atoms with Crippen LogP contribution < -0.4 is 0 Å². The first-order valence-corrected chi connectivity index (χ1v) is 5.79. The Labute approximate surface area is 82.2 Å². The van der Waals surface area contributed by atoms with E-state index in [9.17, 15) is 4.79 Å². The second kappa shape index (κ2) is 8.01. The summed E-state index contributed by atoms with van der Waals surface area (Å²) < 4.78 is 9.98. The molecule has 0 aliphatic heterocycles. The lowest BCUT2D eigenvalue weighted by Crippen LogP contribution is -2.12. The highest BCUT2D eigenvalue weighted by molar-refractivity contribution is 6.23. The van der Waals surface area contributed by atoms with Gasteiger partial charge in [0.05, 0.1) is 0 Å². The molecule has 0 bridgehead atoms. The number of carbonyl (C=O) groups is 1. The maximum absolute atomic E-state index is 11.2. The third-order valence-electron chi connectivity index (χ3n) is 1.54. The second-order valence-corrected chi connectivity index (χ2v) is 3.65. The summed E-state index contributed by atoms with van der Waals surface area (Å²) in [5.74, 6) is -0.228. The quantitative estimate of drug-likeness (QED) is 0.370. The van der Waals surface area contributed by atoms with Crippen molar-refractivity contribution in [2.45, 2.75) is 33.6 Å². The number of unbranched alkanes of at least 4 members (excludes halogenated alkanes) is 1. The van der Waals surface area contributed by atoms with Crippen molar-refractivity contribution in [3.63, 3.8) is 0 Å². The number of carbonyl (C=O) groups excluding carboxylic acids is 1. The molecule has 0 saturated heterocycles. The van der Waals surface area contributed by atoms with Gasteiger partial charge >= 0.3 is 16.0 Å². The molecule has 0 aromatic rings. The van der Waals surface area contributed by atoms with Gasteiger partial charge in [-0.1, -0.05) is 19.4 Å². The minimum absolute atomic E-state index is 0.228. The lowest BCUT2D eigenvalue weighted by Gasteiger charge is -2.03. The highest BCUT2D eigenvalue weighted by atomic mass is 28.3. The number of hydrogen-bond donors (Lipinski definition) is 0. The topological polar surface area (TPSA) is 35.5 Å². The molecule has 0 N–H and O–H groups in total. The van der Waals surface area contributed by atoms with Gasteiger partial charge in [0.15, 0.2) is 0 Å². The normalized spacial score (nSPS) is 12.4. The van der Waals surface area contributed by atoms with Gasteiger partial charge in [0.1, 0.15) is 0 Å². The average molecular weight is 202 g/mol. The van der Waals surface area contributed by atoms with Gasteiger partial charge in [-0.2, -0.15) is 0 Å². The van der Waals surface area contributed by atoms with E-state index < -0.39 is 10.0 Å². The SMILES string of the molecule is CCCC=C(C)C(=O)O[SiH2]OCC. The fourth-order valence-corrected chi connectivity index (χ4v) is 1.32. The van der Waals surface area contributed by atoms with Crippen LogP contribution in [0.2, 0.25) is 0 Å².